The summed E-state index contributed by atoms with van der Waals surface area (Å²) in [6.45, 7) is 3.35. The van der Waals surface area contributed by atoms with E-state index in [0.717, 1.165) is 23.7 Å². The molecule has 2 aromatic rings. The number of allylic oxidation sites excluding steroid dienone is 2. The maximum Gasteiger partial charge on any atom is 0.269 e. The Morgan fingerprint density at radius 2 is 0.964 bits per heavy atom. The number of nitro groups is 2. The molecule has 28 heavy (non-hydrogen) atoms. The van der Waals surface area contributed by atoms with Crippen molar-refractivity contribution in [1.29, 1.82) is 0 Å². The Bertz CT molecular complexity index is 835. The molecular formula is C20H18N2O6. The van der Waals surface area contributed by atoms with Crippen molar-refractivity contribution in [2.24, 2.45) is 0 Å². The first-order valence-corrected chi connectivity index (χ1v) is 8.02. The predicted molar refractivity (Wildman–Crippen MR) is 106 cm³/mol. The number of hydrogen-bond acceptors (Lipinski definition) is 6. The highest BCUT2D eigenvalue weighted by Crippen LogP contribution is 2.14. The molecule has 144 valence electrons. The van der Waals surface area contributed by atoms with E-state index in [4.69, 9.17) is 0 Å². The van der Waals surface area contributed by atoms with E-state index in [0.29, 0.717) is 11.1 Å². The molecule has 0 heterocycles. The summed E-state index contributed by atoms with van der Waals surface area (Å²) in [5.41, 5.74) is 2.81. The molecule has 0 saturated heterocycles. The number of hydrogen-bond donors (Lipinski definition) is 0. The topological polar surface area (TPSA) is 120 Å². The number of non-ortho nitro benzene ring substituents is 2. The average molecular weight is 382 g/mol. The van der Waals surface area contributed by atoms with E-state index in [-0.39, 0.29) is 11.4 Å². The zero-order chi connectivity index (χ0) is 21.1. The maximum atomic E-state index is 10.3. The fraction of sp³-hybridized carbons (Fsp3) is 0.100. The van der Waals surface area contributed by atoms with E-state index in [9.17, 15) is 29.8 Å². The van der Waals surface area contributed by atoms with Gasteiger partial charge in [-0.05, 0) is 72.5 Å². The van der Waals surface area contributed by atoms with Crippen molar-refractivity contribution in [3.8, 4) is 0 Å². The van der Waals surface area contributed by atoms with Crippen molar-refractivity contribution < 1.29 is 19.4 Å². The summed E-state index contributed by atoms with van der Waals surface area (Å²) in [7, 11) is 0. The number of nitrogens with zero attached hydrogens (tertiary/aromatic N) is 2. The first-order chi connectivity index (χ1) is 13.3. The SMILES string of the molecule is C/C(C=O)=C\c1ccc([N+](=O)[O-])cc1.CC(C=O)=Cc1ccc([N+](=O)[O-])cc1. The van der Waals surface area contributed by atoms with Crippen LogP contribution in [0.25, 0.3) is 12.2 Å². The third-order valence-corrected chi connectivity index (χ3v) is 3.37. The Labute approximate surface area is 161 Å². The van der Waals surface area contributed by atoms with Gasteiger partial charge in [-0.2, -0.15) is 0 Å². The normalized spacial score (nSPS) is 11.1. The summed E-state index contributed by atoms with van der Waals surface area (Å²) in [5.74, 6) is 0. The molecular weight excluding hydrogens is 364 g/mol. The summed E-state index contributed by atoms with van der Waals surface area (Å²) >= 11 is 0. The van der Waals surface area contributed by atoms with Gasteiger partial charge in [-0.1, -0.05) is 0 Å². The van der Waals surface area contributed by atoms with Gasteiger partial charge in [0, 0.05) is 24.3 Å². The average Bonchev–Trinajstić information content (AvgIpc) is 2.69. The summed E-state index contributed by atoms with van der Waals surface area (Å²) in [6, 6.07) is 12.0. The lowest BCUT2D eigenvalue weighted by Gasteiger charge is -1.94. The van der Waals surface area contributed by atoms with E-state index in [1.54, 1.807) is 50.3 Å². The maximum absolute atomic E-state index is 10.3. The highest BCUT2D eigenvalue weighted by atomic mass is 16.6. The minimum Gasteiger partial charge on any atom is -0.298 e. The van der Waals surface area contributed by atoms with Gasteiger partial charge in [-0.3, -0.25) is 29.8 Å². The molecule has 0 saturated carbocycles. The van der Waals surface area contributed by atoms with Gasteiger partial charge in [0.2, 0.25) is 0 Å². The first kappa shape index (κ1) is 22.1. The summed E-state index contributed by atoms with van der Waals surface area (Å²) in [5, 5.41) is 20.6. The quantitative estimate of drug-likeness (QED) is 0.316. The van der Waals surface area contributed by atoms with Crippen LogP contribution in [0.4, 0.5) is 11.4 Å². The van der Waals surface area contributed by atoms with Crippen molar-refractivity contribution in [3.05, 3.63) is 91.0 Å². The molecule has 0 atom stereocenters. The Balaban J connectivity index is 0.000000280. The van der Waals surface area contributed by atoms with Crippen molar-refractivity contribution in [2.45, 2.75) is 13.8 Å². The molecule has 0 radical (unpaired) electrons. The van der Waals surface area contributed by atoms with Crippen LogP contribution in [-0.2, 0) is 9.59 Å². The van der Waals surface area contributed by atoms with Crippen LogP contribution >= 0.6 is 0 Å². The molecule has 0 aliphatic carbocycles. The Hall–Kier alpha value is -3.94. The summed E-state index contributed by atoms with van der Waals surface area (Å²) in [6.07, 6.45) is 4.80. The van der Waals surface area contributed by atoms with Crippen LogP contribution in [0.15, 0.2) is 59.7 Å². The van der Waals surface area contributed by atoms with Gasteiger partial charge >= 0.3 is 0 Å². The lowest BCUT2D eigenvalue weighted by molar-refractivity contribution is -0.385. The van der Waals surface area contributed by atoms with Crippen LogP contribution in [0.3, 0.4) is 0 Å². The molecule has 8 nitrogen and oxygen atoms in total. The predicted octanol–water partition coefficient (Wildman–Crippen LogP) is 4.39. The monoisotopic (exact) mass is 382 g/mol. The molecule has 2 aromatic carbocycles. The molecule has 0 unspecified atom stereocenters. The number of rotatable bonds is 6. The zero-order valence-corrected chi connectivity index (χ0v) is 15.3. The van der Waals surface area contributed by atoms with Crippen LogP contribution in [0, 0.1) is 20.2 Å². The van der Waals surface area contributed by atoms with Gasteiger partial charge in [-0.15, -0.1) is 0 Å². The van der Waals surface area contributed by atoms with Crippen LogP contribution in [-0.4, -0.2) is 22.4 Å². The van der Waals surface area contributed by atoms with E-state index in [1.165, 1.54) is 24.3 Å². The second-order valence-electron chi connectivity index (χ2n) is 5.71. The Morgan fingerprint density at radius 1 is 0.679 bits per heavy atom. The molecule has 0 N–H and O–H groups in total. The third-order valence-electron chi connectivity index (χ3n) is 3.37. The van der Waals surface area contributed by atoms with Crippen LogP contribution in [0.5, 0.6) is 0 Å². The standard InChI is InChI=1S/2C10H9NO3/c2*1-8(7-12)6-9-2-4-10(5-3-9)11(13)14/h2*2-7H,1H3/b8-6+;. The number of aldehydes is 2. The minimum atomic E-state index is -0.458. The minimum absolute atomic E-state index is 0.0471. The van der Waals surface area contributed by atoms with E-state index >= 15 is 0 Å². The van der Waals surface area contributed by atoms with E-state index < -0.39 is 9.85 Å². The molecule has 0 aromatic heterocycles. The van der Waals surface area contributed by atoms with Gasteiger partial charge in [0.1, 0.15) is 12.6 Å². The summed E-state index contributed by atoms with van der Waals surface area (Å²) < 4.78 is 0. The zero-order valence-electron chi connectivity index (χ0n) is 15.3. The fourth-order valence-electron chi connectivity index (χ4n) is 1.98. The highest BCUT2D eigenvalue weighted by Gasteiger charge is 2.03. The Morgan fingerprint density at radius 3 is 1.18 bits per heavy atom. The van der Waals surface area contributed by atoms with Gasteiger partial charge < -0.3 is 0 Å². The van der Waals surface area contributed by atoms with Crippen molar-refractivity contribution in [1.82, 2.24) is 0 Å². The second kappa shape index (κ2) is 10.9. The van der Waals surface area contributed by atoms with Gasteiger partial charge in [0.25, 0.3) is 11.4 Å². The highest BCUT2D eigenvalue weighted by molar-refractivity contribution is 5.81. The van der Waals surface area contributed by atoms with Crippen LogP contribution < -0.4 is 0 Å². The lowest BCUT2D eigenvalue weighted by Crippen LogP contribution is -1.87. The van der Waals surface area contributed by atoms with E-state index in [1.807, 2.05) is 0 Å². The molecule has 0 aliphatic rings. The van der Waals surface area contributed by atoms with Gasteiger partial charge in [-0.25, -0.2) is 0 Å². The Kier molecular flexibility index (Phi) is 8.62. The molecule has 0 bridgehead atoms. The second-order valence-corrected chi connectivity index (χ2v) is 5.71. The largest absolute Gasteiger partial charge is 0.298 e. The molecule has 0 fully saturated rings. The fourth-order valence-corrected chi connectivity index (χ4v) is 1.98. The van der Waals surface area contributed by atoms with Gasteiger partial charge in [0.15, 0.2) is 0 Å². The number of benzene rings is 2. The van der Waals surface area contributed by atoms with Crippen LogP contribution in [0.1, 0.15) is 25.0 Å². The number of nitro benzene ring substituents is 2. The number of carbonyl (C=O) groups is 2. The summed E-state index contributed by atoms with van der Waals surface area (Å²) in [4.78, 5) is 40.3. The van der Waals surface area contributed by atoms with E-state index in [2.05, 4.69) is 0 Å². The van der Waals surface area contributed by atoms with Crippen molar-refractivity contribution in [2.75, 3.05) is 0 Å². The van der Waals surface area contributed by atoms with Crippen molar-refractivity contribution >= 4 is 36.1 Å². The number of carbonyl (C=O) groups excluding carboxylic acids is 2. The smallest absolute Gasteiger partial charge is 0.269 e. The van der Waals surface area contributed by atoms with Crippen LogP contribution in [0.2, 0.25) is 0 Å². The first-order valence-electron chi connectivity index (χ1n) is 8.02. The van der Waals surface area contributed by atoms with Crippen molar-refractivity contribution in [3.63, 3.8) is 0 Å². The lowest BCUT2D eigenvalue weighted by atomic mass is 10.1. The van der Waals surface area contributed by atoms with Gasteiger partial charge in [0.05, 0.1) is 9.85 Å². The molecule has 0 aliphatic heterocycles. The third kappa shape index (κ3) is 7.52. The molecule has 8 heteroatoms. The molecule has 0 spiro atoms. The molecule has 0 amide bonds. The molecule has 2 rings (SSSR count).